The van der Waals surface area contributed by atoms with E-state index in [-0.39, 0.29) is 23.7 Å². The van der Waals surface area contributed by atoms with Crippen LogP contribution >= 0.6 is 23.8 Å². The van der Waals surface area contributed by atoms with Gasteiger partial charge in [0, 0.05) is 36.9 Å². The Morgan fingerprint density at radius 2 is 2.07 bits per heavy atom. The van der Waals surface area contributed by atoms with Crippen LogP contribution in [0.2, 0.25) is 5.02 Å². The van der Waals surface area contributed by atoms with E-state index in [4.69, 9.17) is 23.8 Å². The van der Waals surface area contributed by atoms with Gasteiger partial charge >= 0.3 is 0 Å². The van der Waals surface area contributed by atoms with Crippen molar-refractivity contribution < 1.29 is 9.50 Å². The van der Waals surface area contributed by atoms with E-state index < -0.39 is 5.82 Å². The fraction of sp³-hybridized carbons (Fsp3) is 0.238. The molecule has 0 aliphatic carbocycles. The Balaban J connectivity index is 1.79. The Bertz CT molecular complexity index is 1010. The number of pyridine rings is 1. The molecule has 0 saturated carbocycles. The van der Waals surface area contributed by atoms with Crippen molar-refractivity contribution in [3.8, 4) is 5.69 Å². The quantitative estimate of drug-likeness (QED) is 0.578. The normalized spacial score (nSPS) is 18.9. The highest BCUT2D eigenvalue weighted by Gasteiger charge is 2.40. The fourth-order valence-electron chi connectivity index (χ4n) is 3.71. The van der Waals surface area contributed by atoms with E-state index in [1.807, 2.05) is 41.1 Å². The van der Waals surface area contributed by atoms with Gasteiger partial charge < -0.3 is 19.9 Å². The van der Waals surface area contributed by atoms with Gasteiger partial charge in [0.1, 0.15) is 5.82 Å². The second-order valence-electron chi connectivity index (χ2n) is 6.80. The number of benzene rings is 1. The summed E-state index contributed by atoms with van der Waals surface area (Å²) in [6, 6.07) is 14.1. The largest absolute Gasteiger partial charge is 0.396 e. The molecule has 0 spiro atoms. The number of aliphatic hydroxyl groups excluding tert-OH is 1. The third-order valence-corrected chi connectivity index (χ3v) is 5.66. The van der Waals surface area contributed by atoms with Gasteiger partial charge in [-0.1, -0.05) is 17.7 Å². The van der Waals surface area contributed by atoms with Crippen LogP contribution in [-0.4, -0.2) is 37.8 Å². The molecule has 1 fully saturated rings. The van der Waals surface area contributed by atoms with Gasteiger partial charge in [0.25, 0.3) is 0 Å². The lowest BCUT2D eigenvalue weighted by atomic mass is 10.0. The van der Waals surface area contributed by atoms with Gasteiger partial charge in [-0.3, -0.25) is 4.98 Å². The van der Waals surface area contributed by atoms with Crippen molar-refractivity contribution in [2.24, 2.45) is 0 Å². The molecular weight excluding hydrogens is 411 g/mol. The number of halogens is 2. The minimum absolute atomic E-state index is 0.0700. The highest BCUT2D eigenvalue weighted by Crippen LogP contribution is 2.39. The summed E-state index contributed by atoms with van der Waals surface area (Å²) in [6.45, 7) is 0.681. The van der Waals surface area contributed by atoms with Gasteiger partial charge in [-0.25, -0.2) is 4.39 Å². The number of nitrogens with zero attached hydrogens (tertiary/aromatic N) is 3. The van der Waals surface area contributed by atoms with Crippen molar-refractivity contribution >= 4 is 28.9 Å². The van der Waals surface area contributed by atoms with Crippen molar-refractivity contribution in [1.82, 2.24) is 19.8 Å². The summed E-state index contributed by atoms with van der Waals surface area (Å²) in [4.78, 5) is 6.59. The first kappa shape index (κ1) is 19.8. The molecule has 2 aromatic heterocycles. The van der Waals surface area contributed by atoms with E-state index >= 15 is 0 Å². The SMILES string of the molecule is OCCCN1C(=S)N[C@@H](c2ccccn2)[C@H]1c1cccn1-c1ccc(F)c(Cl)c1. The summed E-state index contributed by atoms with van der Waals surface area (Å²) < 4.78 is 15.6. The van der Waals surface area contributed by atoms with Gasteiger partial charge in [0.2, 0.25) is 0 Å². The number of aromatic nitrogens is 2. The second-order valence-corrected chi connectivity index (χ2v) is 7.59. The number of nitrogens with one attached hydrogen (secondary N) is 1. The lowest BCUT2D eigenvalue weighted by Gasteiger charge is -2.28. The number of aliphatic hydroxyl groups is 1. The summed E-state index contributed by atoms with van der Waals surface area (Å²) >= 11 is 11.6. The highest BCUT2D eigenvalue weighted by molar-refractivity contribution is 7.80. The van der Waals surface area contributed by atoms with Crippen molar-refractivity contribution in [2.45, 2.75) is 18.5 Å². The van der Waals surface area contributed by atoms with E-state index in [1.54, 1.807) is 18.3 Å². The van der Waals surface area contributed by atoms with Crippen molar-refractivity contribution in [3.05, 3.63) is 83.2 Å². The molecule has 1 aliphatic heterocycles. The van der Waals surface area contributed by atoms with Crippen LogP contribution in [0, 0.1) is 5.82 Å². The summed E-state index contributed by atoms with van der Waals surface area (Å²) in [7, 11) is 0. The topological polar surface area (TPSA) is 53.3 Å². The van der Waals surface area contributed by atoms with Crippen LogP contribution in [0.1, 0.15) is 29.9 Å². The Hall–Kier alpha value is -2.48. The molecule has 2 atom stereocenters. The highest BCUT2D eigenvalue weighted by atomic mass is 35.5. The maximum absolute atomic E-state index is 13.7. The van der Waals surface area contributed by atoms with Crippen LogP contribution in [0.25, 0.3) is 5.69 Å². The Morgan fingerprint density at radius 1 is 1.21 bits per heavy atom. The van der Waals surface area contributed by atoms with E-state index in [9.17, 15) is 9.50 Å². The molecule has 8 heteroatoms. The average Bonchev–Trinajstić information content (AvgIpc) is 3.33. The molecule has 3 heterocycles. The smallest absolute Gasteiger partial charge is 0.170 e. The lowest BCUT2D eigenvalue weighted by Crippen LogP contribution is -2.31. The predicted octanol–water partition coefficient (Wildman–Crippen LogP) is 4.02. The summed E-state index contributed by atoms with van der Waals surface area (Å²) in [5.41, 5.74) is 2.60. The average molecular weight is 431 g/mol. The fourth-order valence-corrected chi connectivity index (χ4v) is 4.22. The zero-order valence-electron chi connectivity index (χ0n) is 15.5. The molecule has 5 nitrogen and oxygen atoms in total. The van der Waals surface area contributed by atoms with Crippen LogP contribution in [0.4, 0.5) is 4.39 Å². The van der Waals surface area contributed by atoms with Gasteiger partial charge in [-0.2, -0.15) is 0 Å². The van der Waals surface area contributed by atoms with Gasteiger partial charge in [0.05, 0.1) is 22.8 Å². The molecule has 0 unspecified atom stereocenters. The molecule has 1 aliphatic rings. The first-order valence-corrected chi connectivity index (χ1v) is 10.1. The zero-order valence-corrected chi connectivity index (χ0v) is 17.1. The number of thiocarbonyl (C=S) groups is 1. The first-order valence-electron chi connectivity index (χ1n) is 9.31. The van der Waals surface area contributed by atoms with Gasteiger partial charge in [-0.15, -0.1) is 0 Å². The maximum atomic E-state index is 13.7. The Kier molecular flexibility index (Phi) is 5.80. The molecule has 1 saturated heterocycles. The number of hydrogen-bond donors (Lipinski definition) is 2. The summed E-state index contributed by atoms with van der Waals surface area (Å²) in [6.07, 6.45) is 4.27. The van der Waals surface area contributed by atoms with E-state index in [0.717, 1.165) is 17.1 Å². The lowest BCUT2D eigenvalue weighted by molar-refractivity contribution is 0.245. The summed E-state index contributed by atoms with van der Waals surface area (Å²) in [5.74, 6) is -0.455. The number of hydrogen-bond acceptors (Lipinski definition) is 3. The Morgan fingerprint density at radius 3 is 2.79 bits per heavy atom. The van der Waals surface area contributed by atoms with Crippen LogP contribution in [-0.2, 0) is 0 Å². The van der Waals surface area contributed by atoms with Gasteiger partial charge in [-0.05, 0) is 61.1 Å². The molecule has 3 aromatic rings. The standard InChI is InChI=1S/C21H20ClFN4OS/c22-15-13-14(7-8-16(15)23)26-10-3-6-18(26)20-19(17-5-1-2-9-24-17)25-21(29)27(20)11-4-12-28/h1-3,5-10,13,19-20,28H,4,11-12H2,(H,25,29)/t19-,20+/m0/s1. The van der Waals surface area contributed by atoms with E-state index in [0.29, 0.717) is 18.1 Å². The van der Waals surface area contributed by atoms with Crippen LogP contribution < -0.4 is 5.32 Å². The van der Waals surface area contributed by atoms with Crippen LogP contribution in [0.3, 0.4) is 0 Å². The van der Waals surface area contributed by atoms with E-state index in [1.165, 1.54) is 6.07 Å². The molecule has 150 valence electrons. The molecule has 29 heavy (non-hydrogen) atoms. The predicted molar refractivity (Wildman–Crippen MR) is 115 cm³/mol. The van der Waals surface area contributed by atoms with Crippen LogP contribution in [0.5, 0.6) is 0 Å². The third kappa shape index (κ3) is 3.85. The molecule has 2 N–H and O–H groups in total. The van der Waals surface area contributed by atoms with E-state index in [2.05, 4.69) is 15.2 Å². The Labute approximate surface area is 178 Å². The van der Waals surface area contributed by atoms with Crippen LogP contribution in [0.15, 0.2) is 60.9 Å². The van der Waals surface area contributed by atoms with Crippen molar-refractivity contribution in [2.75, 3.05) is 13.2 Å². The minimum Gasteiger partial charge on any atom is -0.396 e. The first-order chi connectivity index (χ1) is 14.1. The second kappa shape index (κ2) is 8.49. The summed E-state index contributed by atoms with van der Waals surface area (Å²) in [5, 5.41) is 13.4. The molecule has 4 rings (SSSR count). The maximum Gasteiger partial charge on any atom is 0.170 e. The van der Waals surface area contributed by atoms with Crippen molar-refractivity contribution in [3.63, 3.8) is 0 Å². The molecule has 0 amide bonds. The molecule has 1 aromatic carbocycles. The molecule has 0 bridgehead atoms. The molecular formula is C21H20ClFN4OS. The van der Waals surface area contributed by atoms with Crippen molar-refractivity contribution in [1.29, 1.82) is 0 Å². The monoisotopic (exact) mass is 430 g/mol. The third-order valence-electron chi connectivity index (χ3n) is 5.02. The van der Waals surface area contributed by atoms with Gasteiger partial charge in [0.15, 0.2) is 5.11 Å². The number of rotatable bonds is 6. The minimum atomic E-state index is -0.455. The molecule has 0 radical (unpaired) electrons. The zero-order chi connectivity index (χ0) is 20.4.